The number of nitro benzene ring substituents is 1. The molecule has 0 bridgehead atoms. The normalized spacial score (nSPS) is 23.3. The van der Waals surface area contributed by atoms with Crippen molar-refractivity contribution in [3.05, 3.63) is 39.7 Å². The molecule has 1 atom stereocenters. The van der Waals surface area contributed by atoms with E-state index in [1.807, 2.05) is 6.92 Å². The molecule has 0 radical (unpaired) electrons. The van der Waals surface area contributed by atoms with Gasteiger partial charge in [-0.1, -0.05) is 12.1 Å². The van der Waals surface area contributed by atoms with Crippen LogP contribution in [0.5, 0.6) is 0 Å². The lowest BCUT2D eigenvalue weighted by Crippen LogP contribution is -2.48. The number of rotatable bonds is 4. The van der Waals surface area contributed by atoms with Gasteiger partial charge in [-0.25, -0.2) is 0 Å². The third-order valence-electron chi connectivity index (χ3n) is 3.40. The van der Waals surface area contributed by atoms with Gasteiger partial charge in [0, 0.05) is 30.3 Å². The van der Waals surface area contributed by atoms with Crippen molar-refractivity contribution in [2.75, 3.05) is 13.2 Å². The first-order valence-electron chi connectivity index (χ1n) is 6.26. The van der Waals surface area contributed by atoms with Gasteiger partial charge in [-0.2, -0.15) is 4.39 Å². The SMILES string of the molecule is CC1(NCc2cccc([N+](=O)[O-])c2F)CCCOC1. The van der Waals surface area contributed by atoms with Gasteiger partial charge in [-0.15, -0.1) is 0 Å². The number of nitro groups is 1. The van der Waals surface area contributed by atoms with Gasteiger partial charge in [-0.05, 0) is 19.8 Å². The van der Waals surface area contributed by atoms with Crippen LogP contribution in [-0.2, 0) is 11.3 Å². The number of hydrogen-bond donors (Lipinski definition) is 1. The van der Waals surface area contributed by atoms with Crippen LogP contribution in [0.1, 0.15) is 25.3 Å². The van der Waals surface area contributed by atoms with E-state index in [4.69, 9.17) is 4.74 Å². The Labute approximate surface area is 110 Å². The minimum absolute atomic E-state index is 0.199. The van der Waals surface area contributed by atoms with Crippen LogP contribution in [0, 0.1) is 15.9 Å². The van der Waals surface area contributed by atoms with E-state index in [0.29, 0.717) is 12.2 Å². The molecule has 5 nitrogen and oxygen atoms in total. The summed E-state index contributed by atoms with van der Waals surface area (Å²) in [6.45, 7) is 3.60. The molecule has 0 amide bonds. The second-order valence-electron chi connectivity index (χ2n) is 5.08. The van der Waals surface area contributed by atoms with Gasteiger partial charge in [0.25, 0.3) is 0 Å². The zero-order valence-electron chi connectivity index (χ0n) is 10.8. The van der Waals surface area contributed by atoms with E-state index in [0.717, 1.165) is 19.4 Å². The van der Waals surface area contributed by atoms with E-state index in [9.17, 15) is 14.5 Å². The Bertz CT molecular complexity index is 473. The maximum atomic E-state index is 13.9. The largest absolute Gasteiger partial charge is 0.380 e. The van der Waals surface area contributed by atoms with Gasteiger partial charge in [-0.3, -0.25) is 10.1 Å². The standard InChI is InChI=1S/C13H17FN2O3/c1-13(6-3-7-19-9-13)15-8-10-4-2-5-11(12(10)14)16(17)18/h2,4-5,15H,3,6-9H2,1H3. The summed E-state index contributed by atoms with van der Waals surface area (Å²) in [4.78, 5) is 9.96. The Morgan fingerprint density at radius 3 is 3.00 bits per heavy atom. The second-order valence-corrected chi connectivity index (χ2v) is 5.08. The summed E-state index contributed by atoms with van der Waals surface area (Å²) in [6.07, 6.45) is 1.91. The fourth-order valence-electron chi connectivity index (χ4n) is 2.23. The van der Waals surface area contributed by atoms with E-state index in [1.54, 1.807) is 6.07 Å². The quantitative estimate of drug-likeness (QED) is 0.672. The maximum absolute atomic E-state index is 13.9. The summed E-state index contributed by atoms with van der Waals surface area (Å²) < 4.78 is 19.3. The highest BCUT2D eigenvalue weighted by Crippen LogP contribution is 2.22. The Kier molecular flexibility index (Phi) is 4.11. The molecule has 104 valence electrons. The van der Waals surface area contributed by atoms with Crippen molar-refractivity contribution in [3.63, 3.8) is 0 Å². The predicted octanol–water partition coefficient (Wildman–Crippen LogP) is 2.39. The molecule has 0 spiro atoms. The average molecular weight is 268 g/mol. The molecule has 1 aliphatic rings. The third-order valence-corrected chi connectivity index (χ3v) is 3.40. The Morgan fingerprint density at radius 2 is 2.37 bits per heavy atom. The number of hydrogen-bond acceptors (Lipinski definition) is 4. The topological polar surface area (TPSA) is 64.4 Å². The van der Waals surface area contributed by atoms with Gasteiger partial charge >= 0.3 is 5.69 Å². The Hall–Kier alpha value is -1.53. The van der Waals surface area contributed by atoms with Crippen molar-refractivity contribution >= 4 is 5.69 Å². The van der Waals surface area contributed by atoms with Gasteiger partial charge in [0.15, 0.2) is 0 Å². The van der Waals surface area contributed by atoms with E-state index in [2.05, 4.69) is 5.32 Å². The van der Waals surface area contributed by atoms with Crippen LogP contribution in [-0.4, -0.2) is 23.7 Å². The fourth-order valence-corrected chi connectivity index (χ4v) is 2.23. The highest BCUT2D eigenvalue weighted by molar-refractivity contribution is 5.36. The summed E-state index contributed by atoms with van der Waals surface area (Å²) >= 11 is 0. The van der Waals surface area contributed by atoms with Gasteiger partial charge in [0.1, 0.15) is 0 Å². The fraction of sp³-hybridized carbons (Fsp3) is 0.538. The zero-order chi connectivity index (χ0) is 13.9. The lowest BCUT2D eigenvalue weighted by atomic mass is 9.94. The van der Waals surface area contributed by atoms with Crippen LogP contribution in [0.25, 0.3) is 0 Å². The number of nitrogens with zero attached hydrogens (tertiary/aromatic N) is 1. The maximum Gasteiger partial charge on any atom is 0.305 e. The van der Waals surface area contributed by atoms with Crippen molar-refractivity contribution in [2.45, 2.75) is 31.8 Å². The second kappa shape index (κ2) is 5.63. The monoisotopic (exact) mass is 268 g/mol. The molecule has 1 saturated heterocycles. The molecule has 1 aromatic rings. The van der Waals surface area contributed by atoms with E-state index >= 15 is 0 Å². The molecule has 19 heavy (non-hydrogen) atoms. The molecule has 1 N–H and O–H groups in total. The van der Waals surface area contributed by atoms with Crippen molar-refractivity contribution in [1.29, 1.82) is 0 Å². The van der Waals surface area contributed by atoms with Gasteiger partial charge in [0.2, 0.25) is 5.82 Å². The molecule has 6 heteroatoms. The summed E-state index contributed by atoms with van der Waals surface area (Å²) in [5.74, 6) is -0.764. The summed E-state index contributed by atoms with van der Waals surface area (Å²) in [5, 5.41) is 13.9. The first kappa shape index (κ1) is 13.9. The molecular weight excluding hydrogens is 251 g/mol. The number of nitrogens with one attached hydrogen (secondary N) is 1. The molecule has 1 heterocycles. The molecule has 0 aromatic heterocycles. The molecule has 1 fully saturated rings. The lowest BCUT2D eigenvalue weighted by molar-refractivity contribution is -0.387. The first-order chi connectivity index (χ1) is 9.02. The Balaban J connectivity index is 2.07. The zero-order valence-corrected chi connectivity index (χ0v) is 10.8. The third kappa shape index (κ3) is 3.27. The number of halogens is 1. The molecule has 0 saturated carbocycles. The van der Waals surface area contributed by atoms with E-state index in [1.165, 1.54) is 12.1 Å². The molecule has 2 rings (SSSR count). The summed E-state index contributed by atoms with van der Waals surface area (Å²) in [5.41, 5.74) is -0.375. The van der Waals surface area contributed by atoms with Crippen LogP contribution < -0.4 is 5.32 Å². The van der Waals surface area contributed by atoms with Crippen LogP contribution >= 0.6 is 0 Å². The summed E-state index contributed by atoms with van der Waals surface area (Å²) in [7, 11) is 0. The lowest BCUT2D eigenvalue weighted by Gasteiger charge is -2.34. The van der Waals surface area contributed by atoms with Crippen molar-refractivity contribution < 1.29 is 14.1 Å². The predicted molar refractivity (Wildman–Crippen MR) is 68.4 cm³/mol. The average Bonchev–Trinajstić information content (AvgIpc) is 2.38. The van der Waals surface area contributed by atoms with E-state index in [-0.39, 0.29) is 12.1 Å². The number of benzene rings is 1. The van der Waals surface area contributed by atoms with Gasteiger partial charge in [0.05, 0.1) is 11.5 Å². The van der Waals surface area contributed by atoms with Crippen LogP contribution in [0.2, 0.25) is 0 Å². The smallest absolute Gasteiger partial charge is 0.305 e. The van der Waals surface area contributed by atoms with Crippen molar-refractivity contribution in [1.82, 2.24) is 5.32 Å². The molecule has 0 aliphatic carbocycles. The summed E-state index contributed by atoms with van der Waals surface area (Å²) in [6, 6.07) is 4.23. The first-order valence-corrected chi connectivity index (χ1v) is 6.26. The van der Waals surface area contributed by atoms with Crippen LogP contribution in [0.4, 0.5) is 10.1 Å². The van der Waals surface area contributed by atoms with Crippen LogP contribution in [0.15, 0.2) is 18.2 Å². The van der Waals surface area contributed by atoms with Gasteiger partial charge < -0.3 is 10.1 Å². The minimum Gasteiger partial charge on any atom is -0.380 e. The number of ether oxygens (including phenoxy) is 1. The van der Waals surface area contributed by atoms with Crippen LogP contribution in [0.3, 0.4) is 0 Å². The van der Waals surface area contributed by atoms with E-state index < -0.39 is 16.4 Å². The molecule has 1 aromatic carbocycles. The molecule has 1 unspecified atom stereocenters. The molecule has 1 aliphatic heterocycles. The minimum atomic E-state index is -0.764. The Morgan fingerprint density at radius 1 is 1.58 bits per heavy atom. The van der Waals surface area contributed by atoms with Crippen molar-refractivity contribution in [2.24, 2.45) is 0 Å². The highest BCUT2D eigenvalue weighted by atomic mass is 19.1. The molecular formula is C13H17FN2O3. The van der Waals surface area contributed by atoms with Crippen molar-refractivity contribution in [3.8, 4) is 0 Å². The highest BCUT2D eigenvalue weighted by Gasteiger charge is 2.27.